The number of carbonyl (C=O) groups is 1. The molecule has 0 saturated heterocycles. The lowest BCUT2D eigenvalue weighted by molar-refractivity contribution is 0.102. The molecule has 7 heteroatoms. The molecule has 0 spiro atoms. The number of benzene rings is 2. The van der Waals surface area contributed by atoms with Crippen LogP contribution in [0.1, 0.15) is 21.6 Å². The standard InChI is InChI=1S/C24H21N3O4/c1-16-5-4-12-27-22(28)14-19(25-23(16)27)15-31-20-10-8-18(9-11-20)26-24(29)17-6-3-7-21(13-17)30-2/h3-14H,15H2,1-2H3,(H,26,29). The molecule has 0 atom stereocenters. The van der Waals surface area contributed by atoms with Crippen LogP contribution in [0, 0.1) is 6.92 Å². The van der Waals surface area contributed by atoms with Crippen molar-refractivity contribution in [2.24, 2.45) is 0 Å². The molecule has 0 radical (unpaired) electrons. The molecule has 0 aliphatic rings. The number of carbonyl (C=O) groups excluding carboxylic acids is 1. The van der Waals surface area contributed by atoms with Gasteiger partial charge < -0.3 is 14.8 Å². The second-order valence-corrected chi connectivity index (χ2v) is 6.97. The minimum atomic E-state index is -0.233. The van der Waals surface area contributed by atoms with E-state index in [1.165, 1.54) is 10.5 Å². The summed E-state index contributed by atoms with van der Waals surface area (Å²) in [5.74, 6) is 0.989. The molecule has 31 heavy (non-hydrogen) atoms. The summed E-state index contributed by atoms with van der Waals surface area (Å²) in [6.07, 6.45) is 1.70. The number of rotatable bonds is 6. The van der Waals surface area contributed by atoms with Crippen LogP contribution in [0.2, 0.25) is 0 Å². The van der Waals surface area contributed by atoms with Crippen molar-refractivity contribution in [3.8, 4) is 11.5 Å². The maximum Gasteiger partial charge on any atom is 0.258 e. The Balaban J connectivity index is 1.42. The van der Waals surface area contributed by atoms with Crippen molar-refractivity contribution in [3.05, 3.63) is 100 Å². The molecule has 0 fully saturated rings. The number of hydrogen-bond donors (Lipinski definition) is 1. The highest BCUT2D eigenvalue weighted by atomic mass is 16.5. The predicted molar refractivity (Wildman–Crippen MR) is 118 cm³/mol. The first kappa shape index (κ1) is 20.2. The van der Waals surface area contributed by atoms with Crippen LogP contribution in [-0.2, 0) is 6.61 Å². The highest BCUT2D eigenvalue weighted by molar-refractivity contribution is 6.04. The molecule has 0 unspecified atom stereocenters. The maximum atomic E-state index is 12.4. The smallest absolute Gasteiger partial charge is 0.258 e. The van der Waals surface area contributed by atoms with Gasteiger partial charge in [0.2, 0.25) is 0 Å². The number of anilines is 1. The van der Waals surface area contributed by atoms with E-state index in [0.29, 0.717) is 34.1 Å². The Bertz CT molecular complexity index is 1300. The Hall–Kier alpha value is -4.13. The molecule has 4 aromatic rings. The van der Waals surface area contributed by atoms with E-state index in [9.17, 15) is 9.59 Å². The number of aryl methyl sites for hydroxylation is 1. The lowest BCUT2D eigenvalue weighted by Crippen LogP contribution is -2.17. The lowest BCUT2D eigenvalue weighted by atomic mass is 10.2. The second-order valence-electron chi connectivity index (χ2n) is 6.97. The third kappa shape index (κ3) is 4.56. The van der Waals surface area contributed by atoms with E-state index in [0.717, 1.165) is 5.56 Å². The van der Waals surface area contributed by atoms with Crippen LogP contribution in [0.3, 0.4) is 0 Å². The summed E-state index contributed by atoms with van der Waals surface area (Å²) in [5.41, 5.74) is 3.07. The van der Waals surface area contributed by atoms with E-state index in [2.05, 4.69) is 10.3 Å². The molecule has 0 saturated carbocycles. The van der Waals surface area contributed by atoms with Gasteiger partial charge in [-0.25, -0.2) is 4.98 Å². The highest BCUT2D eigenvalue weighted by Crippen LogP contribution is 2.19. The zero-order valence-electron chi connectivity index (χ0n) is 17.2. The molecule has 2 aromatic heterocycles. The number of hydrogen-bond acceptors (Lipinski definition) is 5. The summed E-state index contributed by atoms with van der Waals surface area (Å²) in [4.78, 5) is 29.2. The van der Waals surface area contributed by atoms with Gasteiger partial charge in [0.25, 0.3) is 11.5 Å². The largest absolute Gasteiger partial charge is 0.497 e. The molecular formula is C24H21N3O4. The molecule has 7 nitrogen and oxygen atoms in total. The average molecular weight is 415 g/mol. The first-order valence-electron chi connectivity index (χ1n) is 9.70. The van der Waals surface area contributed by atoms with Gasteiger partial charge in [0.05, 0.1) is 12.8 Å². The summed E-state index contributed by atoms with van der Waals surface area (Å²) in [6.45, 7) is 2.07. The molecule has 1 N–H and O–H groups in total. The van der Waals surface area contributed by atoms with E-state index in [4.69, 9.17) is 9.47 Å². The van der Waals surface area contributed by atoms with E-state index < -0.39 is 0 Å². The SMILES string of the molecule is COc1cccc(C(=O)Nc2ccc(OCc3cc(=O)n4cccc(C)c4n3)cc2)c1. The summed E-state index contributed by atoms with van der Waals surface area (Å²) < 4.78 is 12.4. The molecule has 1 amide bonds. The monoisotopic (exact) mass is 415 g/mol. The van der Waals surface area contributed by atoms with E-state index >= 15 is 0 Å². The third-order valence-corrected chi connectivity index (χ3v) is 4.77. The van der Waals surface area contributed by atoms with Gasteiger partial charge in [0, 0.05) is 23.5 Å². The zero-order valence-corrected chi connectivity index (χ0v) is 17.2. The van der Waals surface area contributed by atoms with Gasteiger partial charge in [-0.1, -0.05) is 12.1 Å². The maximum absolute atomic E-state index is 12.4. The molecule has 2 heterocycles. The number of fused-ring (bicyclic) bond motifs is 1. The topological polar surface area (TPSA) is 81.9 Å². The van der Waals surface area contributed by atoms with Gasteiger partial charge in [-0.2, -0.15) is 0 Å². The number of methoxy groups -OCH3 is 1. The van der Waals surface area contributed by atoms with Crippen molar-refractivity contribution in [1.82, 2.24) is 9.38 Å². The Morgan fingerprint density at radius 2 is 1.84 bits per heavy atom. The molecule has 0 aliphatic carbocycles. The fourth-order valence-corrected chi connectivity index (χ4v) is 3.14. The highest BCUT2D eigenvalue weighted by Gasteiger charge is 2.08. The normalized spacial score (nSPS) is 10.6. The average Bonchev–Trinajstić information content (AvgIpc) is 2.79. The lowest BCUT2D eigenvalue weighted by Gasteiger charge is -2.10. The molecule has 2 aromatic carbocycles. The van der Waals surface area contributed by atoms with Gasteiger partial charge >= 0.3 is 0 Å². The van der Waals surface area contributed by atoms with E-state index in [1.54, 1.807) is 61.8 Å². The molecular weight excluding hydrogens is 394 g/mol. The molecule has 0 bridgehead atoms. The molecule has 156 valence electrons. The third-order valence-electron chi connectivity index (χ3n) is 4.77. The zero-order chi connectivity index (χ0) is 21.8. The van der Waals surface area contributed by atoms with Gasteiger partial charge in [-0.3, -0.25) is 14.0 Å². The number of nitrogens with one attached hydrogen (secondary N) is 1. The number of aromatic nitrogens is 2. The Morgan fingerprint density at radius 1 is 1.03 bits per heavy atom. The van der Waals surface area contributed by atoms with Crippen LogP contribution in [-0.4, -0.2) is 22.4 Å². The predicted octanol–water partition coefficient (Wildman–Crippen LogP) is 3.84. The Kier molecular flexibility index (Phi) is 5.66. The van der Waals surface area contributed by atoms with Crippen molar-refractivity contribution in [1.29, 1.82) is 0 Å². The van der Waals surface area contributed by atoms with Crippen molar-refractivity contribution in [2.75, 3.05) is 12.4 Å². The first-order valence-corrected chi connectivity index (χ1v) is 9.70. The fraction of sp³-hybridized carbons (Fsp3) is 0.125. The van der Waals surface area contributed by atoms with Crippen LogP contribution in [0.5, 0.6) is 11.5 Å². The van der Waals surface area contributed by atoms with Gasteiger partial charge in [-0.15, -0.1) is 0 Å². The summed E-state index contributed by atoms with van der Waals surface area (Å²) in [6, 6.07) is 19.1. The number of amides is 1. The van der Waals surface area contributed by atoms with Crippen molar-refractivity contribution in [2.45, 2.75) is 13.5 Å². The second kappa shape index (κ2) is 8.71. The van der Waals surface area contributed by atoms with Gasteiger partial charge in [-0.05, 0) is 61.0 Å². The van der Waals surface area contributed by atoms with E-state index in [-0.39, 0.29) is 18.1 Å². The Labute approximate surface area is 178 Å². The van der Waals surface area contributed by atoms with E-state index in [1.807, 2.05) is 19.1 Å². The summed E-state index contributed by atoms with van der Waals surface area (Å²) in [5, 5.41) is 2.84. The van der Waals surface area contributed by atoms with Crippen LogP contribution in [0.4, 0.5) is 5.69 Å². The van der Waals surface area contributed by atoms with Crippen LogP contribution >= 0.6 is 0 Å². The quantitative estimate of drug-likeness (QED) is 0.517. The van der Waals surface area contributed by atoms with Gasteiger partial charge in [0.1, 0.15) is 23.8 Å². The number of pyridine rings is 1. The van der Waals surface area contributed by atoms with Gasteiger partial charge in [0.15, 0.2) is 0 Å². The van der Waals surface area contributed by atoms with Crippen molar-refractivity contribution < 1.29 is 14.3 Å². The minimum Gasteiger partial charge on any atom is -0.497 e. The minimum absolute atomic E-state index is 0.150. The summed E-state index contributed by atoms with van der Waals surface area (Å²) >= 11 is 0. The van der Waals surface area contributed by atoms with Crippen LogP contribution in [0.15, 0.2) is 77.7 Å². The Morgan fingerprint density at radius 3 is 2.61 bits per heavy atom. The molecule has 4 rings (SSSR count). The van der Waals surface area contributed by atoms with Crippen LogP contribution in [0.25, 0.3) is 5.65 Å². The number of ether oxygens (including phenoxy) is 2. The van der Waals surface area contributed by atoms with Crippen molar-refractivity contribution in [3.63, 3.8) is 0 Å². The number of nitrogens with zero attached hydrogens (tertiary/aromatic N) is 2. The fourth-order valence-electron chi connectivity index (χ4n) is 3.14. The summed E-state index contributed by atoms with van der Waals surface area (Å²) in [7, 11) is 1.56. The first-order chi connectivity index (χ1) is 15.0. The molecule has 0 aliphatic heterocycles. The van der Waals surface area contributed by atoms with Crippen LogP contribution < -0.4 is 20.3 Å². The van der Waals surface area contributed by atoms with Crippen molar-refractivity contribution >= 4 is 17.2 Å².